The Morgan fingerprint density at radius 3 is 2.36 bits per heavy atom. The fourth-order valence-corrected chi connectivity index (χ4v) is 2.86. The van der Waals surface area contributed by atoms with E-state index in [0.29, 0.717) is 33.0 Å². The molecule has 0 aliphatic rings. The Kier molecular flexibility index (Phi) is 6.84. The van der Waals surface area contributed by atoms with Crippen LogP contribution in [-0.2, 0) is 9.59 Å². The van der Waals surface area contributed by atoms with Crippen molar-refractivity contribution >= 4 is 50.7 Å². The Balaban J connectivity index is 2.00. The van der Waals surface area contributed by atoms with Crippen molar-refractivity contribution in [2.45, 2.75) is 20.3 Å². The maximum Gasteiger partial charge on any atom is 0.262 e. The summed E-state index contributed by atoms with van der Waals surface area (Å²) in [5.41, 5.74) is 2.08. The van der Waals surface area contributed by atoms with Crippen LogP contribution in [0.5, 0.6) is 5.75 Å². The monoisotopic (exact) mass is 424 g/mol. The first-order valence-electron chi connectivity index (χ1n) is 7.68. The highest BCUT2D eigenvalue weighted by molar-refractivity contribution is 9.10. The summed E-state index contributed by atoms with van der Waals surface area (Å²) in [7, 11) is 0. The van der Waals surface area contributed by atoms with Crippen LogP contribution in [0.3, 0.4) is 0 Å². The fraction of sp³-hybridized carbons (Fsp3) is 0.222. The smallest absolute Gasteiger partial charge is 0.262 e. The van der Waals surface area contributed by atoms with Crippen LogP contribution in [0.4, 0.5) is 11.4 Å². The lowest BCUT2D eigenvalue weighted by Gasteiger charge is -2.14. The summed E-state index contributed by atoms with van der Waals surface area (Å²) in [5.74, 6) is 0.145. The largest absolute Gasteiger partial charge is 0.483 e. The van der Waals surface area contributed by atoms with Crippen molar-refractivity contribution in [1.29, 1.82) is 0 Å². The molecule has 132 valence electrons. The highest BCUT2D eigenvalue weighted by atomic mass is 79.9. The first kappa shape index (κ1) is 19.3. The van der Waals surface area contributed by atoms with Crippen molar-refractivity contribution in [1.82, 2.24) is 0 Å². The maximum absolute atomic E-state index is 12.1. The van der Waals surface area contributed by atoms with Gasteiger partial charge in [-0.05, 0) is 58.7 Å². The molecular weight excluding hydrogens is 408 g/mol. The number of anilines is 2. The molecule has 0 radical (unpaired) electrons. The number of nitrogens with one attached hydrogen (secondary N) is 2. The van der Waals surface area contributed by atoms with Crippen LogP contribution in [0.1, 0.15) is 18.9 Å². The number of rotatable bonds is 6. The fourth-order valence-electron chi connectivity index (χ4n) is 2.07. The molecule has 2 N–H and O–H groups in total. The molecule has 0 aliphatic heterocycles. The molecule has 2 aromatic carbocycles. The van der Waals surface area contributed by atoms with Crippen LogP contribution >= 0.6 is 27.5 Å². The lowest BCUT2D eigenvalue weighted by molar-refractivity contribution is -0.118. The third-order valence-corrected chi connectivity index (χ3v) is 4.31. The van der Waals surface area contributed by atoms with Crippen molar-refractivity contribution < 1.29 is 14.3 Å². The van der Waals surface area contributed by atoms with Crippen LogP contribution < -0.4 is 15.4 Å². The highest BCUT2D eigenvalue weighted by Crippen LogP contribution is 2.28. The molecule has 0 unspecified atom stereocenters. The van der Waals surface area contributed by atoms with Gasteiger partial charge in [0.25, 0.3) is 5.91 Å². The molecule has 0 bridgehead atoms. The SMILES string of the molecule is CCC(=O)Nc1cccc(NC(=O)COc2ccc(Cl)cc2Br)c1C. The van der Waals surface area contributed by atoms with E-state index in [1.54, 1.807) is 43.3 Å². The van der Waals surface area contributed by atoms with Gasteiger partial charge in [0.15, 0.2) is 6.61 Å². The Morgan fingerprint density at radius 2 is 1.76 bits per heavy atom. The topological polar surface area (TPSA) is 67.4 Å². The molecule has 0 saturated heterocycles. The van der Waals surface area contributed by atoms with Gasteiger partial charge in [-0.2, -0.15) is 0 Å². The van der Waals surface area contributed by atoms with E-state index in [2.05, 4.69) is 26.6 Å². The van der Waals surface area contributed by atoms with Gasteiger partial charge in [-0.1, -0.05) is 24.6 Å². The van der Waals surface area contributed by atoms with Crippen molar-refractivity contribution in [2.24, 2.45) is 0 Å². The van der Waals surface area contributed by atoms with E-state index in [1.807, 2.05) is 6.92 Å². The van der Waals surface area contributed by atoms with E-state index in [0.717, 1.165) is 5.56 Å². The van der Waals surface area contributed by atoms with Crippen LogP contribution in [0, 0.1) is 6.92 Å². The summed E-state index contributed by atoms with van der Waals surface area (Å²) < 4.78 is 6.16. The number of amides is 2. The lowest BCUT2D eigenvalue weighted by Crippen LogP contribution is -2.21. The van der Waals surface area contributed by atoms with E-state index in [9.17, 15) is 9.59 Å². The molecule has 7 heteroatoms. The zero-order valence-electron chi connectivity index (χ0n) is 13.9. The maximum atomic E-state index is 12.1. The molecule has 2 rings (SSSR count). The normalized spacial score (nSPS) is 10.2. The Morgan fingerprint density at radius 1 is 1.12 bits per heavy atom. The number of halogens is 2. The molecule has 0 atom stereocenters. The quantitative estimate of drug-likeness (QED) is 0.700. The van der Waals surface area contributed by atoms with Crippen molar-refractivity contribution in [3.05, 3.63) is 51.5 Å². The van der Waals surface area contributed by atoms with Gasteiger partial charge in [-0.25, -0.2) is 0 Å². The second kappa shape index (κ2) is 8.87. The van der Waals surface area contributed by atoms with Gasteiger partial charge in [-0.3, -0.25) is 9.59 Å². The molecule has 0 heterocycles. The minimum absolute atomic E-state index is 0.0810. The van der Waals surface area contributed by atoms with E-state index >= 15 is 0 Å². The molecule has 5 nitrogen and oxygen atoms in total. The van der Waals surface area contributed by atoms with Crippen LogP contribution in [0.15, 0.2) is 40.9 Å². The molecule has 0 spiro atoms. The highest BCUT2D eigenvalue weighted by Gasteiger charge is 2.11. The number of hydrogen-bond acceptors (Lipinski definition) is 3. The molecule has 0 saturated carbocycles. The van der Waals surface area contributed by atoms with Crippen molar-refractivity contribution in [3.8, 4) is 5.75 Å². The van der Waals surface area contributed by atoms with Gasteiger partial charge in [0.05, 0.1) is 4.47 Å². The Bertz CT molecular complexity index is 796. The standard InChI is InChI=1S/C18H18BrClN2O3/c1-3-17(23)21-14-5-4-6-15(11(14)2)22-18(24)10-25-16-8-7-12(20)9-13(16)19/h4-9H,3,10H2,1-2H3,(H,21,23)(H,22,24). The molecule has 2 aromatic rings. The van der Waals surface area contributed by atoms with Gasteiger partial charge in [0, 0.05) is 22.8 Å². The van der Waals surface area contributed by atoms with Gasteiger partial charge in [0.1, 0.15) is 5.75 Å². The van der Waals surface area contributed by atoms with Gasteiger partial charge in [-0.15, -0.1) is 0 Å². The summed E-state index contributed by atoms with van der Waals surface area (Å²) >= 11 is 9.20. The van der Waals surface area contributed by atoms with Gasteiger partial charge in [0.2, 0.25) is 5.91 Å². The molecule has 0 fully saturated rings. The predicted molar refractivity (Wildman–Crippen MR) is 103 cm³/mol. The first-order chi connectivity index (χ1) is 11.9. The summed E-state index contributed by atoms with van der Waals surface area (Å²) in [6.07, 6.45) is 0.389. The summed E-state index contributed by atoms with van der Waals surface area (Å²) in [4.78, 5) is 23.7. The number of benzene rings is 2. The second-order valence-electron chi connectivity index (χ2n) is 5.29. The number of ether oxygens (including phenoxy) is 1. The van der Waals surface area contributed by atoms with E-state index in [4.69, 9.17) is 16.3 Å². The van der Waals surface area contributed by atoms with Crippen molar-refractivity contribution in [3.63, 3.8) is 0 Å². The van der Waals surface area contributed by atoms with E-state index < -0.39 is 0 Å². The molecule has 25 heavy (non-hydrogen) atoms. The number of hydrogen-bond donors (Lipinski definition) is 2. The average Bonchev–Trinajstić information content (AvgIpc) is 2.57. The lowest BCUT2D eigenvalue weighted by atomic mass is 10.1. The minimum atomic E-state index is -0.302. The molecular formula is C18H18BrClN2O3. The zero-order valence-corrected chi connectivity index (χ0v) is 16.2. The zero-order chi connectivity index (χ0) is 18.4. The molecule has 0 aliphatic carbocycles. The van der Waals surface area contributed by atoms with Gasteiger partial charge >= 0.3 is 0 Å². The summed E-state index contributed by atoms with van der Waals surface area (Å²) in [5, 5.41) is 6.16. The van der Waals surface area contributed by atoms with Crippen LogP contribution in [0.25, 0.3) is 0 Å². The average molecular weight is 426 g/mol. The Labute approximate surface area is 159 Å². The third-order valence-electron chi connectivity index (χ3n) is 3.46. The number of carbonyl (C=O) groups excluding carboxylic acids is 2. The van der Waals surface area contributed by atoms with Crippen LogP contribution in [-0.4, -0.2) is 18.4 Å². The first-order valence-corrected chi connectivity index (χ1v) is 8.85. The van der Waals surface area contributed by atoms with Crippen LogP contribution in [0.2, 0.25) is 5.02 Å². The predicted octanol–water partition coefficient (Wildman–Crippen LogP) is 4.78. The van der Waals surface area contributed by atoms with Crippen molar-refractivity contribution in [2.75, 3.05) is 17.2 Å². The minimum Gasteiger partial charge on any atom is -0.483 e. The Hall–Kier alpha value is -2.05. The summed E-state index contributed by atoms with van der Waals surface area (Å²) in [6, 6.07) is 10.4. The molecule has 0 aromatic heterocycles. The molecule has 2 amide bonds. The number of carbonyl (C=O) groups is 2. The third kappa shape index (κ3) is 5.47. The van der Waals surface area contributed by atoms with Gasteiger partial charge < -0.3 is 15.4 Å². The van der Waals surface area contributed by atoms with E-state index in [-0.39, 0.29) is 18.4 Å². The summed E-state index contributed by atoms with van der Waals surface area (Å²) in [6.45, 7) is 3.46. The van der Waals surface area contributed by atoms with E-state index in [1.165, 1.54) is 0 Å². The second-order valence-corrected chi connectivity index (χ2v) is 6.58.